The minimum atomic E-state index is 0.675. The average molecular weight is 284 g/mol. The number of aromatic nitrogens is 1. The minimum absolute atomic E-state index is 0.675. The fourth-order valence-corrected chi connectivity index (χ4v) is 2.51. The predicted octanol–water partition coefficient (Wildman–Crippen LogP) is 3.89. The Balaban J connectivity index is 2.48. The van der Waals surface area contributed by atoms with E-state index in [0.717, 1.165) is 15.0 Å². The molecule has 78 valence electrons. The molecule has 0 saturated carbocycles. The zero-order valence-corrected chi connectivity index (χ0v) is 10.9. The van der Waals surface area contributed by atoms with Crippen LogP contribution in [0, 0.1) is 6.92 Å². The van der Waals surface area contributed by atoms with Crippen molar-refractivity contribution in [2.45, 2.75) is 6.92 Å². The molecule has 0 aliphatic carbocycles. The van der Waals surface area contributed by atoms with Crippen LogP contribution in [0.3, 0.4) is 0 Å². The monoisotopic (exact) mass is 283 g/mol. The van der Waals surface area contributed by atoms with Gasteiger partial charge in [0, 0.05) is 10.0 Å². The van der Waals surface area contributed by atoms with Gasteiger partial charge >= 0.3 is 0 Å². The van der Waals surface area contributed by atoms with Crippen molar-refractivity contribution < 1.29 is 4.74 Å². The minimum Gasteiger partial charge on any atom is -0.480 e. The number of halogens is 1. The first kappa shape index (κ1) is 10.6. The van der Waals surface area contributed by atoms with Gasteiger partial charge in [-0.25, -0.2) is 4.98 Å². The van der Waals surface area contributed by atoms with E-state index < -0.39 is 0 Å². The Hall–Kier alpha value is -0.870. The molecule has 1 aromatic heterocycles. The van der Waals surface area contributed by atoms with Crippen molar-refractivity contribution >= 4 is 27.3 Å². The number of hydrogen-bond donors (Lipinski definition) is 0. The number of ether oxygens (including phenoxy) is 1. The van der Waals surface area contributed by atoms with Crippen LogP contribution in [0.2, 0.25) is 0 Å². The van der Waals surface area contributed by atoms with Gasteiger partial charge < -0.3 is 4.74 Å². The Morgan fingerprint density at radius 3 is 2.87 bits per heavy atom. The van der Waals surface area contributed by atoms with E-state index >= 15 is 0 Å². The van der Waals surface area contributed by atoms with Crippen molar-refractivity contribution in [3.8, 4) is 16.5 Å². The molecular formula is C11H10BrNOS. The standard InChI is InChI=1S/C11H10BrNOS/c1-7-3-4-8(12)5-9(7)11-13-10(14-2)6-15-11/h3-6H,1-2H3. The van der Waals surface area contributed by atoms with Crippen LogP contribution in [0.25, 0.3) is 10.6 Å². The molecule has 0 atom stereocenters. The molecule has 0 bridgehead atoms. The number of nitrogens with zero attached hydrogens (tertiary/aromatic N) is 1. The van der Waals surface area contributed by atoms with Gasteiger partial charge in [-0.15, -0.1) is 11.3 Å². The lowest BCUT2D eigenvalue weighted by atomic mass is 10.1. The van der Waals surface area contributed by atoms with Crippen LogP contribution in [-0.2, 0) is 0 Å². The summed E-state index contributed by atoms with van der Waals surface area (Å²) in [5.74, 6) is 0.675. The van der Waals surface area contributed by atoms with Crippen molar-refractivity contribution in [2.24, 2.45) is 0 Å². The Bertz CT molecular complexity index is 481. The molecule has 2 aromatic rings. The van der Waals surface area contributed by atoms with Crippen LogP contribution in [0.15, 0.2) is 28.1 Å². The molecule has 15 heavy (non-hydrogen) atoms. The van der Waals surface area contributed by atoms with Crippen molar-refractivity contribution in [3.05, 3.63) is 33.6 Å². The van der Waals surface area contributed by atoms with Gasteiger partial charge in [-0.05, 0) is 24.6 Å². The fraction of sp³-hybridized carbons (Fsp3) is 0.182. The molecule has 0 fully saturated rings. The molecule has 0 amide bonds. The lowest BCUT2D eigenvalue weighted by Crippen LogP contribution is -1.84. The first-order chi connectivity index (χ1) is 7.20. The maximum atomic E-state index is 5.07. The van der Waals surface area contributed by atoms with Crippen molar-refractivity contribution in [2.75, 3.05) is 7.11 Å². The third-order valence-corrected chi connectivity index (χ3v) is 3.47. The topological polar surface area (TPSA) is 22.1 Å². The first-order valence-electron chi connectivity index (χ1n) is 4.47. The molecule has 1 aromatic carbocycles. The second-order valence-corrected chi connectivity index (χ2v) is 4.93. The van der Waals surface area contributed by atoms with Crippen LogP contribution < -0.4 is 4.74 Å². The summed E-state index contributed by atoms with van der Waals surface area (Å²) < 4.78 is 6.14. The molecule has 2 rings (SSSR count). The fourth-order valence-electron chi connectivity index (χ4n) is 1.30. The molecule has 0 N–H and O–H groups in total. The van der Waals surface area contributed by atoms with Gasteiger partial charge in [-0.1, -0.05) is 22.0 Å². The molecular weight excluding hydrogens is 274 g/mol. The number of benzene rings is 1. The molecule has 0 saturated heterocycles. The zero-order chi connectivity index (χ0) is 10.8. The zero-order valence-electron chi connectivity index (χ0n) is 8.45. The van der Waals surface area contributed by atoms with E-state index in [4.69, 9.17) is 4.74 Å². The van der Waals surface area contributed by atoms with Gasteiger partial charge in [0.1, 0.15) is 5.01 Å². The summed E-state index contributed by atoms with van der Waals surface area (Å²) in [7, 11) is 1.63. The smallest absolute Gasteiger partial charge is 0.224 e. The highest BCUT2D eigenvalue weighted by Gasteiger charge is 2.07. The van der Waals surface area contributed by atoms with Gasteiger partial charge in [-0.3, -0.25) is 0 Å². The van der Waals surface area contributed by atoms with Crippen LogP contribution in [0.1, 0.15) is 5.56 Å². The second-order valence-electron chi connectivity index (χ2n) is 3.15. The quantitative estimate of drug-likeness (QED) is 0.834. The summed E-state index contributed by atoms with van der Waals surface area (Å²) in [5, 5.41) is 2.90. The van der Waals surface area contributed by atoms with E-state index in [2.05, 4.69) is 40.0 Å². The number of thiazole rings is 1. The SMILES string of the molecule is COc1csc(-c2cc(Br)ccc2C)n1. The highest BCUT2D eigenvalue weighted by atomic mass is 79.9. The van der Waals surface area contributed by atoms with Crippen LogP contribution in [0.4, 0.5) is 0 Å². The Morgan fingerprint density at radius 1 is 1.40 bits per heavy atom. The largest absolute Gasteiger partial charge is 0.480 e. The Kier molecular flexibility index (Phi) is 3.07. The molecule has 0 aliphatic rings. The van der Waals surface area contributed by atoms with Crippen LogP contribution in [0.5, 0.6) is 5.88 Å². The normalized spacial score (nSPS) is 10.3. The van der Waals surface area contributed by atoms with Gasteiger partial charge in [0.15, 0.2) is 0 Å². The molecule has 0 aliphatic heterocycles. The average Bonchev–Trinajstić information content (AvgIpc) is 2.70. The lowest BCUT2D eigenvalue weighted by Gasteiger charge is -2.02. The highest BCUT2D eigenvalue weighted by Crippen LogP contribution is 2.31. The lowest BCUT2D eigenvalue weighted by molar-refractivity contribution is 0.401. The molecule has 0 spiro atoms. The van der Waals surface area contributed by atoms with Gasteiger partial charge in [0.05, 0.1) is 12.5 Å². The summed E-state index contributed by atoms with van der Waals surface area (Å²) in [6, 6.07) is 6.19. The highest BCUT2D eigenvalue weighted by molar-refractivity contribution is 9.10. The first-order valence-corrected chi connectivity index (χ1v) is 6.14. The van der Waals surface area contributed by atoms with Crippen LogP contribution >= 0.6 is 27.3 Å². The molecule has 2 nitrogen and oxygen atoms in total. The molecule has 0 radical (unpaired) electrons. The van der Waals surface area contributed by atoms with Gasteiger partial charge in [0.2, 0.25) is 5.88 Å². The Labute approximate surface area is 101 Å². The van der Waals surface area contributed by atoms with Crippen LogP contribution in [-0.4, -0.2) is 12.1 Å². The van der Waals surface area contributed by atoms with E-state index in [0.29, 0.717) is 5.88 Å². The third-order valence-electron chi connectivity index (χ3n) is 2.12. The van der Waals surface area contributed by atoms with Gasteiger partial charge in [-0.2, -0.15) is 0 Å². The van der Waals surface area contributed by atoms with E-state index in [1.54, 1.807) is 18.4 Å². The van der Waals surface area contributed by atoms with Crippen molar-refractivity contribution in [1.29, 1.82) is 0 Å². The van der Waals surface area contributed by atoms with E-state index in [9.17, 15) is 0 Å². The van der Waals surface area contributed by atoms with Gasteiger partial charge in [0.25, 0.3) is 0 Å². The van der Waals surface area contributed by atoms with Crippen molar-refractivity contribution in [3.63, 3.8) is 0 Å². The summed E-state index contributed by atoms with van der Waals surface area (Å²) >= 11 is 5.06. The predicted molar refractivity (Wildman–Crippen MR) is 66.5 cm³/mol. The maximum Gasteiger partial charge on any atom is 0.224 e. The summed E-state index contributed by atoms with van der Waals surface area (Å²) in [5.41, 5.74) is 2.37. The second kappa shape index (κ2) is 4.33. The summed E-state index contributed by atoms with van der Waals surface area (Å²) in [6.07, 6.45) is 0. The number of methoxy groups -OCH3 is 1. The summed E-state index contributed by atoms with van der Waals surface area (Å²) in [6.45, 7) is 2.08. The van der Waals surface area contributed by atoms with Crippen molar-refractivity contribution in [1.82, 2.24) is 4.98 Å². The third kappa shape index (κ3) is 2.21. The Morgan fingerprint density at radius 2 is 2.20 bits per heavy atom. The maximum absolute atomic E-state index is 5.07. The van der Waals surface area contributed by atoms with E-state index in [1.807, 2.05) is 11.4 Å². The molecule has 0 unspecified atom stereocenters. The van der Waals surface area contributed by atoms with E-state index in [-0.39, 0.29) is 0 Å². The summed E-state index contributed by atoms with van der Waals surface area (Å²) in [4.78, 5) is 4.38. The molecule has 1 heterocycles. The molecule has 4 heteroatoms. The van der Waals surface area contributed by atoms with E-state index in [1.165, 1.54) is 5.56 Å². The number of rotatable bonds is 2. The number of aryl methyl sites for hydroxylation is 1. The number of hydrogen-bond acceptors (Lipinski definition) is 3.